The summed E-state index contributed by atoms with van der Waals surface area (Å²) in [7, 11) is -2.14. The lowest BCUT2D eigenvalue weighted by Crippen LogP contribution is -2.38. The monoisotopic (exact) mass is 715 g/mol. The van der Waals surface area contributed by atoms with E-state index in [0.717, 1.165) is 15.5 Å². The highest BCUT2D eigenvalue weighted by Gasteiger charge is 2.44. The number of anilines is 1. The van der Waals surface area contributed by atoms with Crippen molar-refractivity contribution in [3.63, 3.8) is 0 Å². The Hall–Kier alpha value is -3.61. The van der Waals surface area contributed by atoms with Crippen LogP contribution < -0.4 is 14.8 Å². The Morgan fingerprint density at radius 3 is 2.51 bits per heavy atom. The molecule has 1 aliphatic heterocycles. The van der Waals surface area contributed by atoms with Crippen LogP contribution in [-0.2, 0) is 28.6 Å². The molecule has 1 aliphatic carbocycles. The summed E-state index contributed by atoms with van der Waals surface area (Å²) >= 11 is 9.63. The largest absolute Gasteiger partial charge is 0.489 e. The number of fused-ring (bicyclic) bond motifs is 1. The zero-order chi connectivity index (χ0) is 32.0. The first-order valence-electron chi connectivity index (χ1n) is 14.1. The van der Waals surface area contributed by atoms with Crippen molar-refractivity contribution in [2.45, 2.75) is 19.6 Å². The molecule has 1 amide bonds. The van der Waals surface area contributed by atoms with Gasteiger partial charge in [-0.3, -0.25) is 8.98 Å². The minimum absolute atomic E-state index is 0.0718. The molecular weight excluding hydrogens is 686 g/mol. The number of methoxy groups -OCH3 is 1. The van der Waals surface area contributed by atoms with Crippen molar-refractivity contribution in [1.82, 2.24) is 0 Å². The smallest absolute Gasteiger partial charge is 0.290 e. The molecule has 12 heteroatoms. The molecule has 3 aromatic rings. The molecule has 0 radical (unpaired) electrons. The summed E-state index contributed by atoms with van der Waals surface area (Å²) in [6.07, 6.45) is 5.07. The van der Waals surface area contributed by atoms with E-state index in [1.165, 1.54) is 12.3 Å². The molecule has 0 saturated carbocycles. The predicted octanol–water partition coefficient (Wildman–Crippen LogP) is 7.70. The Balaban J connectivity index is 1.19. The molecule has 9 nitrogen and oxygen atoms in total. The predicted molar refractivity (Wildman–Crippen MR) is 175 cm³/mol. The van der Waals surface area contributed by atoms with E-state index in [1.54, 1.807) is 74.7 Å². The summed E-state index contributed by atoms with van der Waals surface area (Å²) in [4.78, 5) is 13.4. The third kappa shape index (κ3) is 8.36. The van der Waals surface area contributed by atoms with E-state index in [2.05, 4.69) is 27.3 Å². The maximum Gasteiger partial charge on any atom is 0.290 e. The molecule has 3 aromatic carbocycles. The lowest BCUT2D eigenvalue weighted by molar-refractivity contribution is -0.134. The van der Waals surface area contributed by atoms with Gasteiger partial charge in [0.25, 0.3) is 16.0 Å². The van der Waals surface area contributed by atoms with Gasteiger partial charge in [-0.1, -0.05) is 45.7 Å². The lowest BCUT2D eigenvalue weighted by atomic mass is 9.83. The van der Waals surface area contributed by atoms with Gasteiger partial charge >= 0.3 is 0 Å². The topological polar surface area (TPSA) is 109 Å². The van der Waals surface area contributed by atoms with E-state index in [9.17, 15) is 13.2 Å². The molecule has 0 spiro atoms. The Bertz CT molecular complexity index is 1720. The Morgan fingerprint density at radius 2 is 1.82 bits per heavy atom. The molecule has 0 fully saturated rings. The molecule has 1 N–H and O–H groups in total. The first-order valence-corrected chi connectivity index (χ1v) is 16.7. The van der Waals surface area contributed by atoms with Gasteiger partial charge in [0.15, 0.2) is 0 Å². The SMILES string of the molecule is CCOS(=O)(=O)/C=C/c1ccc(OCC2=CC[C@@H]3C(C(=O)Nc4ccc(Oc5ccc(Br)cc5Cl)cc4)=CO[C@@H](OC)[C@H]23)cc1. The van der Waals surface area contributed by atoms with Crippen LogP contribution >= 0.6 is 27.5 Å². The first kappa shape index (κ1) is 32.8. The highest BCUT2D eigenvalue weighted by molar-refractivity contribution is 9.10. The number of carbonyl (C=O) groups is 1. The number of benzene rings is 3. The van der Waals surface area contributed by atoms with Gasteiger partial charge in [0.1, 0.15) is 23.9 Å². The highest BCUT2D eigenvalue weighted by atomic mass is 79.9. The van der Waals surface area contributed by atoms with Crippen LogP contribution in [0.25, 0.3) is 6.08 Å². The van der Waals surface area contributed by atoms with Gasteiger partial charge in [0.05, 0.1) is 34.8 Å². The number of halogens is 2. The second-order valence-electron chi connectivity index (χ2n) is 10.2. The van der Waals surface area contributed by atoms with Crippen molar-refractivity contribution in [1.29, 1.82) is 0 Å². The number of ether oxygens (including phenoxy) is 4. The standard InChI is InChI=1S/C33H31BrClNO8S/c1-3-43-45(38,39)17-16-21-4-10-25(11-5-21)41-19-22-6-14-27-28(20-42-33(40-2)31(22)27)32(37)36-24-8-12-26(13-9-24)44-30-15-7-23(34)18-29(30)35/h4-13,15-18,20,27,31,33H,3,14,19H2,1-2H3,(H,36,37)/b17-16+/t27-,31-,33-/m1/s1. The molecule has 0 aromatic heterocycles. The van der Waals surface area contributed by atoms with Gasteiger partial charge in [0.2, 0.25) is 6.29 Å². The van der Waals surface area contributed by atoms with Crippen molar-refractivity contribution >= 4 is 55.3 Å². The third-order valence-electron chi connectivity index (χ3n) is 7.24. The molecule has 236 valence electrons. The van der Waals surface area contributed by atoms with E-state index in [-0.39, 0.29) is 31.0 Å². The van der Waals surface area contributed by atoms with Crippen molar-refractivity contribution in [2.75, 3.05) is 25.6 Å². The zero-order valence-corrected chi connectivity index (χ0v) is 27.6. The maximum absolute atomic E-state index is 13.4. The summed E-state index contributed by atoms with van der Waals surface area (Å²) in [5.74, 6) is 1.08. The van der Waals surface area contributed by atoms with Crippen LogP contribution in [0.15, 0.2) is 100 Å². The lowest BCUT2D eigenvalue weighted by Gasteiger charge is -2.34. The fourth-order valence-corrected chi connectivity index (χ4v) is 6.54. The van der Waals surface area contributed by atoms with Crippen LogP contribution in [-0.4, -0.2) is 40.9 Å². The average molecular weight is 717 g/mol. The molecule has 0 bridgehead atoms. The minimum atomic E-state index is -3.71. The van der Waals surface area contributed by atoms with E-state index in [4.69, 9.17) is 34.7 Å². The van der Waals surface area contributed by atoms with Gasteiger partial charge in [-0.25, -0.2) is 0 Å². The second kappa shape index (κ2) is 14.7. The summed E-state index contributed by atoms with van der Waals surface area (Å²) in [5, 5.41) is 4.45. The molecular formula is C33H31BrClNO8S. The van der Waals surface area contributed by atoms with E-state index in [1.807, 2.05) is 6.07 Å². The highest BCUT2D eigenvalue weighted by Crippen LogP contribution is 2.44. The Morgan fingerprint density at radius 1 is 1.09 bits per heavy atom. The number of nitrogens with one attached hydrogen (secondary N) is 1. The van der Waals surface area contributed by atoms with Gasteiger partial charge in [-0.2, -0.15) is 8.42 Å². The number of hydrogen-bond acceptors (Lipinski definition) is 8. The average Bonchev–Trinajstić information content (AvgIpc) is 3.45. The van der Waals surface area contributed by atoms with Crippen LogP contribution in [0.3, 0.4) is 0 Å². The fourth-order valence-electron chi connectivity index (χ4n) is 5.10. The fraction of sp³-hybridized carbons (Fsp3) is 0.242. The van der Waals surface area contributed by atoms with Gasteiger partial charge in [-0.05, 0) is 85.2 Å². The van der Waals surface area contributed by atoms with Crippen LogP contribution in [0.4, 0.5) is 5.69 Å². The summed E-state index contributed by atoms with van der Waals surface area (Å²) in [5.41, 5.74) is 2.76. The maximum atomic E-state index is 13.4. The second-order valence-corrected chi connectivity index (χ2v) is 13.0. The van der Waals surface area contributed by atoms with Crippen LogP contribution in [0, 0.1) is 11.8 Å². The molecule has 45 heavy (non-hydrogen) atoms. The van der Waals surface area contributed by atoms with Gasteiger partial charge < -0.3 is 24.3 Å². The van der Waals surface area contributed by atoms with Crippen LogP contribution in [0.5, 0.6) is 17.2 Å². The summed E-state index contributed by atoms with van der Waals surface area (Å²) in [6.45, 7) is 1.96. The number of carbonyl (C=O) groups excluding carboxylic acids is 1. The third-order valence-corrected chi connectivity index (χ3v) is 9.06. The molecule has 0 unspecified atom stereocenters. The van der Waals surface area contributed by atoms with Crippen LogP contribution in [0.1, 0.15) is 18.9 Å². The minimum Gasteiger partial charge on any atom is -0.489 e. The van der Waals surface area contributed by atoms with E-state index < -0.39 is 16.4 Å². The van der Waals surface area contributed by atoms with Crippen molar-refractivity contribution in [3.8, 4) is 17.2 Å². The number of rotatable bonds is 12. The zero-order valence-electron chi connectivity index (χ0n) is 24.4. The Kier molecular flexibility index (Phi) is 10.7. The van der Waals surface area contributed by atoms with Gasteiger partial charge in [-0.15, -0.1) is 0 Å². The molecule has 3 atom stereocenters. The normalized spacial score (nSPS) is 19.3. The molecule has 2 aliphatic rings. The Labute approximate surface area is 275 Å². The quantitative estimate of drug-likeness (QED) is 0.150. The van der Waals surface area contributed by atoms with Crippen molar-refractivity contribution in [2.24, 2.45) is 11.8 Å². The van der Waals surface area contributed by atoms with Crippen LogP contribution in [0.2, 0.25) is 5.02 Å². The number of allylic oxidation sites excluding steroid dienone is 1. The molecule has 1 heterocycles. The van der Waals surface area contributed by atoms with Gasteiger partial charge in [0, 0.05) is 23.2 Å². The van der Waals surface area contributed by atoms with E-state index >= 15 is 0 Å². The number of hydrogen-bond donors (Lipinski definition) is 1. The summed E-state index contributed by atoms with van der Waals surface area (Å²) < 4.78 is 52.4. The summed E-state index contributed by atoms with van der Waals surface area (Å²) in [6, 6.07) is 19.4. The van der Waals surface area contributed by atoms with Crippen molar-refractivity contribution in [3.05, 3.63) is 111 Å². The van der Waals surface area contributed by atoms with Crippen molar-refractivity contribution < 1.29 is 36.3 Å². The molecule has 5 rings (SSSR count). The first-order chi connectivity index (χ1) is 21.7. The molecule has 0 saturated heterocycles. The number of amides is 1. The van der Waals surface area contributed by atoms with E-state index in [0.29, 0.717) is 45.5 Å².